The summed E-state index contributed by atoms with van der Waals surface area (Å²) in [7, 11) is 0. The van der Waals surface area contributed by atoms with Crippen LogP contribution in [0.4, 0.5) is 45.5 Å². The highest BCUT2D eigenvalue weighted by Gasteiger charge is 2.56. The molecule has 296 valence electrons. The SMILES string of the molecule is CC(C)c1ccc2c(c1)C(C)(C)c1cccc3c1N2B1c2cc4c(cc2-c2ccccc2N13)B1N(c2ccccc2-4)c2cccc3c2N1c1ccc(C(C)(C)C)cc1C3(C)C. The van der Waals surface area contributed by atoms with Crippen LogP contribution in [0.15, 0.2) is 133 Å². The molecule has 0 radical (unpaired) electrons. The van der Waals surface area contributed by atoms with E-state index in [0.29, 0.717) is 5.92 Å². The molecule has 6 heteroatoms. The Morgan fingerprint density at radius 1 is 0.426 bits per heavy atom. The van der Waals surface area contributed by atoms with E-state index in [1.807, 2.05) is 0 Å². The lowest BCUT2D eigenvalue weighted by Crippen LogP contribution is -2.60. The molecule has 0 bridgehead atoms. The Morgan fingerprint density at radius 3 is 1.38 bits per heavy atom. The van der Waals surface area contributed by atoms with E-state index in [0.717, 1.165) is 0 Å². The maximum atomic E-state index is 2.70. The van der Waals surface area contributed by atoms with Crippen LogP contribution in [0.1, 0.15) is 102 Å². The fourth-order valence-corrected chi connectivity index (χ4v) is 12.3. The van der Waals surface area contributed by atoms with Gasteiger partial charge in [-0.25, -0.2) is 0 Å². The number of benzene rings is 7. The van der Waals surface area contributed by atoms with Gasteiger partial charge in [-0.3, -0.25) is 0 Å². The molecule has 6 heterocycles. The van der Waals surface area contributed by atoms with Crippen molar-refractivity contribution >= 4 is 70.4 Å². The van der Waals surface area contributed by atoms with Gasteiger partial charge in [0.1, 0.15) is 0 Å². The van der Waals surface area contributed by atoms with E-state index >= 15 is 0 Å². The molecule has 0 spiro atoms. The molecule has 4 nitrogen and oxygen atoms in total. The molecule has 0 N–H and O–H groups in total. The van der Waals surface area contributed by atoms with Crippen molar-refractivity contribution in [2.75, 3.05) is 19.2 Å². The number of anilines is 8. The summed E-state index contributed by atoms with van der Waals surface area (Å²) in [5.74, 6) is 0.452. The largest absolute Gasteiger partial charge is 0.421 e. The first-order valence-corrected chi connectivity index (χ1v) is 22.4. The quantitative estimate of drug-likeness (QED) is 0.154. The number of hydrogen-bond acceptors (Lipinski definition) is 4. The monoisotopic (exact) mass is 788 g/mol. The first kappa shape index (κ1) is 35.6. The van der Waals surface area contributed by atoms with Crippen LogP contribution in [-0.4, -0.2) is 14.0 Å². The van der Waals surface area contributed by atoms with Gasteiger partial charge in [0.15, 0.2) is 0 Å². The van der Waals surface area contributed by atoms with E-state index < -0.39 is 0 Å². The molecule has 13 rings (SSSR count). The second kappa shape index (κ2) is 11.4. The Kier molecular flexibility index (Phi) is 6.66. The van der Waals surface area contributed by atoms with Crippen LogP contribution in [-0.2, 0) is 16.2 Å². The fourth-order valence-electron chi connectivity index (χ4n) is 12.3. The van der Waals surface area contributed by atoms with Crippen molar-refractivity contribution in [3.8, 4) is 22.3 Å². The zero-order chi connectivity index (χ0) is 41.6. The van der Waals surface area contributed by atoms with Gasteiger partial charge >= 0.3 is 14.0 Å². The second-order valence-electron chi connectivity index (χ2n) is 20.8. The standard InChI is InChI=1S/C55H50B2N4/c1-32(2)33-24-26-47-41(28-33)54(6,7)39-18-14-22-49-51(39)60(47)56-43-30-38-36-17-11-13-21-46(36)59-50-23-15-19-40-52(50)61(48-27-25-34(53(3,4)5)29-42(48)55(40,8)9)57(59)44(38)31-37(43)35-16-10-12-20-45(35)58(49)56/h10-32H,1-9H3. The van der Waals surface area contributed by atoms with E-state index in [1.165, 1.54) is 112 Å². The van der Waals surface area contributed by atoms with E-state index in [2.05, 4.69) is 215 Å². The summed E-state index contributed by atoms with van der Waals surface area (Å²) in [4.78, 5) is 10.7. The molecule has 0 saturated carbocycles. The molecule has 7 aromatic rings. The molecule has 0 atom stereocenters. The van der Waals surface area contributed by atoms with Gasteiger partial charge in [0.05, 0.1) is 22.7 Å². The van der Waals surface area contributed by atoms with E-state index in [1.54, 1.807) is 0 Å². The molecule has 0 unspecified atom stereocenters. The summed E-state index contributed by atoms with van der Waals surface area (Å²) < 4.78 is 0. The summed E-state index contributed by atoms with van der Waals surface area (Å²) in [5.41, 5.74) is 26.5. The Morgan fingerprint density at radius 2 is 0.885 bits per heavy atom. The summed E-state index contributed by atoms with van der Waals surface area (Å²) in [6.45, 7) is 21.2. The lowest BCUT2D eigenvalue weighted by molar-refractivity contribution is 0.581. The molecule has 0 fully saturated rings. The van der Waals surface area contributed by atoms with Crippen molar-refractivity contribution in [2.45, 2.75) is 84.5 Å². The molecule has 61 heavy (non-hydrogen) atoms. The van der Waals surface area contributed by atoms with E-state index in [4.69, 9.17) is 0 Å². The minimum absolute atomic E-state index is 0.0446. The summed E-state index contributed by atoms with van der Waals surface area (Å²) >= 11 is 0. The summed E-state index contributed by atoms with van der Waals surface area (Å²) in [5, 5.41) is 0. The Hall–Kier alpha value is -6.13. The molecule has 6 aliphatic heterocycles. The first-order valence-electron chi connectivity index (χ1n) is 22.4. The van der Waals surface area contributed by atoms with Crippen molar-refractivity contribution in [3.63, 3.8) is 0 Å². The van der Waals surface area contributed by atoms with Crippen LogP contribution in [0.5, 0.6) is 0 Å². The third kappa shape index (κ3) is 4.29. The number of para-hydroxylation sites is 4. The Balaban J connectivity index is 1.09. The number of nitrogens with zero attached hydrogens (tertiary/aromatic N) is 4. The van der Waals surface area contributed by atoms with Gasteiger partial charge in [0.2, 0.25) is 0 Å². The van der Waals surface area contributed by atoms with Gasteiger partial charge in [0, 0.05) is 44.7 Å². The van der Waals surface area contributed by atoms with Gasteiger partial charge in [-0.1, -0.05) is 159 Å². The van der Waals surface area contributed by atoms with Crippen molar-refractivity contribution in [2.24, 2.45) is 0 Å². The average molecular weight is 789 g/mol. The molecule has 0 saturated heterocycles. The molecule has 0 aliphatic carbocycles. The van der Waals surface area contributed by atoms with Crippen molar-refractivity contribution < 1.29 is 0 Å². The molecule has 7 aromatic carbocycles. The van der Waals surface area contributed by atoms with Crippen molar-refractivity contribution in [1.29, 1.82) is 0 Å². The third-order valence-electron chi connectivity index (χ3n) is 15.5. The van der Waals surface area contributed by atoms with Gasteiger partial charge < -0.3 is 19.2 Å². The predicted octanol–water partition coefficient (Wildman–Crippen LogP) is 12.7. The highest BCUT2D eigenvalue weighted by molar-refractivity contribution is 6.89. The van der Waals surface area contributed by atoms with Gasteiger partial charge in [-0.2, -0.15) is 0 Å². The maximum absolute atomic E-state index is 2.70. The second-order valence-corrected chi connectivity index (χ2v) is 20.8. The third-order valence-corrected chi connectivity index (χ3v) is 15.5. The zero-order valence-electron chi connectivity index (χ0n) is 36.7. The minimum atomic E-state index is -0.167. The molecular formula is C55H50B2N4. The van der Waals surface area contributed by atoms with E-state index in [9.17, 15) is 0 Å². The van der Waals surface area contributed by atoms with Crippen molar-refractivity contribution in [3.05, 3.63) is 167 Å². The molecular weight excluding hydrogens is 738 g/mol. The zero-order valence-corrected chi connectivity index (χ0v) is 36.7. The highest BCUT2D eigenvalue weighted by Crippen LogP contribution is 2.62. The normalized spacial score (nSPS) is 17.1. The molecule has 0 aromatic heterocycles. The predicted molar refractivity (Wildman–Crippen MR) is 259 cm³/mol. The van der Waals surface area contributed by atoms with Crippen LogP contribution >= 0.6 is 0 Å². The van der Waals surface area contributed by atoms with E-state index in [-0.39, 0.29) is 30.2 Å². The smallest absolute Gasteiger partial charge is 0.359 e. The summed E-state index contributed by atoms with van der Waals surface area (Å²) in [6, 6.07) is 52.2. The number of fused-ring (bicyclic) bond motifs is 20. The van der Waals surface area contributed by atoms with Crippen LogP contribution in [0.2, 0.25) is 0 Å². The maximum Gasteiger partial charge on any atom is 0.421 e. The molecule has 6 aliphatic rings. The first-order chi connectivity index (χ1) is 29.3. The Labute approximate surface area is 361 Å². The number of hydrogen-bond donors (Lipinski definition) is 0. The molecule has 0 amide bonds. The van der Waals surface area contributed by atoms with Crippen LogP contribution in [0.25, 0.3) is 22.3 Å². The highest BCUT2D eigenvalue weighted by atomic mass is 15.3. The fraction of sp³-hybridized carbons (Fsp3) is 0.236. The average Bonchev–Trinajstić information content (AvgIpc) is 3.79. The Bertz CT molecular complexity index is 3120. The van der Waals surface area contributed by atoms with Crippen LogP contribution in [0.3, 0.4) is 0 Å². The van der Waals surface area contributed by atoms with Gasteiger partial charge in [-0.05, 0) is 103 Å². The van der Waals surface area contributed by atoms with Crippen molar-refractivity contribution in [1.82, 2.24) is 0 Å². The van der Waals surface area contributed by atoms with Gasteiger partial charge in [0.25, 0.3) is 0 Å². The van der Waals surface area contributed by atoms with Crippen LogP contribution < -0.4 is 30.2 Å². The summed E-state index contributed by atoms with van der Waals surface area (Å²) in [6.07, 6.45) is 0. The topological polar surface area (TPSA) is 13.0 Å². The minimum Gasteiger partial charge on any atom is -0.359 e. The van der Waals surface area contributed by atoms with Gasteiger partial charge in [-0.15, -0.1) is 0 Å². The van der Waals surface area contributed by atoms with Crippen LogP contribution in [0, 0.1) is 0 Å². The lowest BCUT2D eigenvalue weighted by atomic mass is 9.53. The number of rotatable bonds is 1. The lowest BCUT2D eigenvalue weighted by Gasteiger charge is -2.44.